The molecular weight excluding hydrogens is 270 g/mol. The second kappa shape index (κ2) is 5.37. The lowest BCUT2D eigenvalue weighted by Gasteiger charge is -2.15. The highest BCUT2D eigenvalue weighted by Gasteiger charge is 2.16. The number of anilines is 1. The summed E-state index contributed by atoms with van der Waals surface area (Å²) in [7, 11) is 1.69. The van der Waals surface area contributed by atoms with Gasteiger partial charge in [-0.05, 0) is 59.9 Å². The summed E-state index contributed by atoms with van der Waals surface area (Å²) < 4.78 is 5.50. The standard InChI is InChI=1S/C17H18ClNO/c1-3-11-9-16-12(6-7-19-16)8-15(11)14-5-4-13(18)10-17(14)20-2/h4-5,8-10,19H,3,6-7H2,1-2H3. The Morgan fingerprint density at radius 3 is 2.80 bits per heavy atom. The highest BCUT2D eigenvalue weighted by atomic mass is 35.5. The van der Waals surface area contributed by atoms with Crippen LogP contribution in [0.3, 0.4) is 0 Å². The summed E-state index contributed by atoms with van der Waals surface area (Å²) >= 11 is 6.06. The molecule has 20 heavy (non-hydrogen) atoms. The predicted molar refractivity (Wildman–Crippen MR) is 85.0 cm³/mol. The fourth-order valence-corrected chi connectivity index (χ4v) is 2.99. The smallest absolute Gasteiger partial charge is 0.128 e. The van der Waals surface area contributed by atoms with E-state index in [9.17, 15) is 0 Å². The average Bonchev–Trinajstić information content (AvgIpc) is 2.92. The second-order valence-electron chi connectivity index (χ2n) is 5.04. The van der Waals surface area contributed by atoms with E-state index in [4.69, 9.17) is 16.3 Å². The van der Waals surface area contributed by atoms with Crippen LogP contribution in [0, 0.1) is 0 Å². The molecule has 1 heterocycles. The molecule has 0 bridgehead atoms. The number of fused-ring (bicyclic) bond motifs is 1. The average molecular weight is 288 g/mol. The van der Waals surface area contributed by atoms with E-state index < -0.39 is 0 Å². The lowest BCUT2D eigenvalue weighted by atomic mass is 9.94. The number of nitrogens with one attached hydrogen (secondary N) is 1. The molecular formula is C17H18ClNO. The number of benzene rings is 2. The van der Waals surface area contributed by atoms with E-state index in [1.54, 1.807) is 7.11 Å². The van der Waals surface area contributed by atoms with Crippen LogP contribution in [-0.4, -0.2) is 13.7 Å². The number of hydrogen-bond acceptors (Lipinski definition) is 2. The summed E-state index contributed by atoms with van der Waals surface area (Å²) in [5.74, 6) is 0.832. The van der Waals surface area contributed by atoms with E-state index in [0.29, 0.717) is 5.02 Å². The lowest BCUT2D eigenvalue weighted by molar-refractivity contribution is 0.416. The molecule has 2 nitrogen and oxygen atoms in total. The molecule has 0 saturated carbocycles. The molecule has 0 aliphatic carbocycles. The third kappa shape index (κ3) is 2.25. The minimum atomic E-state index is 0.700. The molecule has 3 rings (SSSR count). The van der Waals surface area contributed by atoms with Crippen LogP contribution < -0.4 is 10.1 Å². The van der Waals surface area contributed by atoms with Gasteiger partial charge < -0.3 is 10.1 Å². The van der Waals surface area contributed by atoms with Crippen molar-refractivity contribution in [2.24, 2.45) is 0 Å². The Bertz CT molecular complexity index is 652. The van der Waals surface area contributed by atoms with Gasteiger partial charge in [0.25, 0.3) is 0 Å². The van der Waals surface area contributed by atoms with Crippen molar-refractivity contribution in [3.8, 4) is 16.9 Å². The van der Waals surface area contributed by atoms with Crippen molar-refractivity contribution in [2.45, 2.75) is 19.8 Å². The van der Waals surface area contributed by atoms with Gasteiger partial charge in [-0.1, -0.05) is 18.5 Å². The number of aryl methyl sites for hydroxylation is 1. The van der Waals surface area contributed by atoms with Crippen LogP contribution >= 0.6 is 11.6 Å². The highest BCUT2D eigenvalue weighted by molar-refractivity contribution is 6.30. The van der Waals surface area contributed by atoms with Crippen LogP contribution in [-0.2, 0) is 12.8 Å². The first-order valence-corrected chi connectivity index (χ1v) is 7.34. The van der Waals surface area contributed by atoms with Crippen molar-refractivity contribution in [1.29, 1.82) is 0 Å². The Labute approximate surface area is 124 Å². The molecule has 0 fully saturated rings. The Kier molecular flexibility index (Phi) is 3.58. The van der Waals surface area contributed by atoms with Gasteiger partial charge in [-0.25, -0.2) is 0 Å². The molecule has 0 aromatic heterocycles. The van der Waals surface area contributed by atoms with E-state index in [0.717, 1.165) is 30.7 Å². The molecule has 1 aliphatic rings. The maximum absolute atomic E-state index is 6.06. The molecule has 104 valence electrons. The Balaban J connectivity index is 2.19. The number of halogens is 1. The number of methoxy groups -OCH3 is 1. The molecule has 3 heteroatoms. The zero-order chi connectivity index (χ0) is 14.1. The van der Waals surface area contributed by atoms with Crippen molar-refractivity contribution in [1.82, 2.24) is 0 Å². The van der Waals surface area contributed by atoms with Crippen molar-refractivity contribution >= 4 is 17.3 Å². The molecule has 1 aliphatic heterocycles. The fraction of sp³-hybridized carbons (Fsp3) is 0.294. The Morgan fingerprint density at radius 2 is 2.05 bits per heavy atom. The van der Waals surface area contributed by atoms with Crippen molar-refractivity contribution < 1.29 is 4.74 Å². The van der Waals surface area contributed by atoms with Crippen LogP contribution in [0.25, 0.3) is 11.1 Å². The molecule has 0 amide bonds. The monoisotopic (exact) mass is 287 g/mol. The maximum Gasteiger partial charge on any atom is 0.128 e. The second-order valence-corrected chi connectivity index (χ2v) is 5.48. The first-order chi connectivity index (χ1) is 9.72. The zero-order valence-corrected chi connectivity index (χ0v) is 12.6. The van der Waals surface area contributed by atoms with E-state index in [2.05, 4.69) is 24.4 Å². The van der Waals surface area contributed by atoms with Crippen LogP contribution in [0.1, 0.15) is 18.1 Å². The molecule has 0 atom stereocenters. The van der Waals surface area contributed by atoms with E-state index in [-0.39, 0.29) is 0 Å². The van der Waals surface area contributed by atoms with E-state index in [1.165, 1.54) is 22.4 Å². The quantitative estimate of drug-likeness (QED) is 0.894. The summed E-state index contributed by atoms with van der Waals surface area (Å²) in [5.41, 5.74) is 6.36. The summed E-state index contributed by atoms with van der Waals surface area (Å²) in [4.78, 5) is 0. The molecule has 0 unspecified atom stereocenters. The van der Waals surface area contributed by atoms with Gasteiger partial charge in [-0.3, -0.25) is 0 Å². The summed E-state index contributed by atoms with van der Waals surface area (Å²) in [5, 5.41) is 4.14. The van der Waals surface area contributed by atoms with Crippen LogP contribution in [0.2, 0.25) is 5.02 Å². The first kappa shape index (κ1) is 13.3. The van der Waals surface area contributed by atoms with Gasteiger partial charge in [0.1, 0.15) is 5.75 Å². The zero-order valence-electron chi connectivity index (χ0n) is 11.8. The van der Waals surface area contributed by atoms with Gasteiger partial charge in [-0.2, -0.15) is 0 Å². The lowest BCUT2D eigenvalue weighted by Crippen LogP contribution is -1.95. The van der Waals surface area contributed by atoms with Gasteiger partial charge in [0.05, 0.1) is 7.11 Å². The molecule has 0 spiro atoms. The van der Waals surface area contributed by atoms with Crippen LogP contribution in [0.4, 0.5) is 5.69 Å². The molecule has 1 N–H and O–H groups in total. The van der Waals surface area contributed by atoms with E-state index in [1.807, 2.05) is 18.2 Å². The molecule has 0 saturated heterocycles. The minimum absolute atomic E-state index is 0.700. The number of hydrogen-bond donors (Lipinski definition) is 1. The Morgan fingerprint density at radius 1 is 1.20 bits per heavy atom. The third-order valence-corrected chi connectivity index (χ3v) is 4.11. The maximum atomic E-state index is 6.06. The van der Waals surface area contributed by atoms with Crippen molar-refractivity contribution in [3.05, 3.63) is 46.5 Å². The molecule has 2 aromatic rings. The Hall–Kier alpha value is -1.67. The van der Waals surface area contributed by atoms with Gasteiger partial charge in [0.2, 0.25) is 0 Å². The SMILES string of the molecule is CCc1cc2c(cc1-c1ccc(Cl)cc1OC)CCN2. The van der Waals surface area contributed by atoms with Gasteiger partial charge in [0, 0.05) is 22.8 Å². The summed E-state index contributed by atoms with van der Waals surface area (Å²) in [6.45, 7) is 3.21. The van der Waals surface area contributed by atoms with Crippen molar-refractivity contribution in [3.63, 3.8) is 0 Å². The third-order valence-electron chi connectivity index (χ3n) is 3.87. The van der Waals surface area contributed by atoms with Gasteiger partial charge in [0.15, 0.2) is 0 Å². The number of ether oxygens (including phenoxy) is 1. The number of rotatable bonds is 3. The summed E-state index contributed by atoms with van der Waals surface area (Å²) in [6.07, 6.45) is 2.08. The van der Waals surface area contributed by atoms with Gasteiger partial charge in [-0.15, -0.1) is 0 Å². The largest absolute Gasteiger partial charge is 0.496 e. The van der Waals surface area contributed by atoms with Gasteiger partial charge >= 0.3 is 0 Å². The minimum Gasteiger partial charge on any atom is -0.496 e. The van der Waals surface area contributed by atoms with Crippen LogP contribution in [0.15, 0.2) is 30.3 Å². The van der Waals surface area contributed by atoms with Crippen LogP contribution in [0.5, 0.6) is 5.75 Å². The topological polar surface area (TPSA) is 21.3 Å². The summed E-state index contributed by atoms with van der Waals surface area (Å²) in [6, 6.07) is 10.4. The highest BCUT2D eigenvalue weighted by Crippen LogP contribution is 2.38. The first-order valence-electron chi connectivity index (χ1n) is 6.96. The molecule has 0 radical (unpaired) electrons. The van der Waals surface area contributed by atoms with E-state index >= 15 is 0 Å². The normalized spacial score (nSPS) is 12.9. The molecule has 2 aromatic carbocycles. The predicted octanol–water partition coefficient (Wildman–Crippen LogP) is 4.55. The fourth-order valence-electron chi connectivity index (χ4n) is 2.82. The van der Waals surface area contributed by atoms with Crippen molar-refractivity contribution in [2.75, 3.05) is 19.0 Å².